The maximum absolute atomic E-state index is 13.6. The number of urea groups is 1. The van der Waals surface area contributed by atoms with Crippen LogP contribution in [0.15, 0.2) is 51.8 Å². The molecule has 3 saturated heterocycles. The van der Waals surface area contributed by atoms with Crippen LogP contribution >= 0.6 is 11.8 Å². The molecule has 2 N–H and O–H groups in total. The monoisotopic (exact) mass is 587 g/mol. The zero-order valence-electron chi connectivity index (χ0n) is 21.3. The normalized spacial score (nSPS) is 26.0. The Labute approximate surface area is 237 Å². The summed E-state index contributed by atoms with van der Waals surface area (Å²) in [6.45, 7) is 2.17. The van der Waals surface area contributed by atoms with Crippen molar-refractivity contribution >= 4 is 61.6 Å². The lowest BCUT2D eigenvalue weighted by Gasteiger charge is -2.26. The van der Waals surface area contributed by atoms with E-state index in [1.54, 1.807) is 23.9 Å². The third kappa shape index (κ3) is 5.97. The number of fused-ring (bicyclic) bond motifs is 1. The SMILES string of the molecule is CCCOC(=O)CC(CCC1SCC2NC(=O)NC21)N1C(=O)/C(=C/c2ccc(-c3ccccc3)o2)S(=S)C1=O. The van der Waals surface area contributed by atoms with Crippen molar-refractivity contribution in [2.24, 2.45) is 0 Å². The van der Waals surface area contributed by atoms with Crippen molar-refractivity contribution in [1.82, 2.24) is 15.5 Å². The third-order valence-corrected chi connectivity index (χ3v) is 10.6. The highest BCUT2D eigenvalue weighted by Gasteiger charge is 2.46. The van der Waals surface area contributed by atoms with Crippen LogP contribution in [-0.2, 0) is 35.0 Å². The lowest BCUT2D eigenvalue weighted by Crippen LogP contribution is -2.42. The molecule has 2 aromatic rings. The summed E-state index contributed by atoms with van der Waals surface area (Å²) < 4.78 is 11.2. The molecule has 5 rings (SSSR count). The average molecular weight is 588 g/mol. The number of nitrogens with zero attached hydrogens (tertiary/aromatic N) is 1. The fraction of sp³-hybridized carbons (Fsp3) is 0.407. The van der Waals surface area contributed by atoms with E-state index in [1.165, 1.54) is 6.08 Å². The molecule has 1 aromatic carbocycles. The molecule has 0 aliphatic carbocycles. The van der Waals surface area contributed by atoms with E-state index in [0.29, 0.717) is 30.8 Å². The van der Waals surface area contributed by atoms with Crippen molar-refractivity contribution in [3.8, 4) is 11.3 Å². The quantitative estimate of drug-likeness (QED) is 0.244. The van der Waals surface area contributed by atoms with Crippen LogP contribution < -0.4 is 10.6 Å². The van der Waals surface area contributed by atoms with Crippen molar-refractivity contribution in [3.05, 3.63) is 53.1 Å². The van der Waals surface area contributed by atoms with E-state index in [4.69, 9.17) is 20.3 Å². The fourth-order valence-electron chi connectivity index (χ4n) is 5.00. The smallest absolute Gasteiger partial charge is 0.315 e. The summed E-state index contributed by atoms with van der Waals surface area (Å²) in [6, 6.07) is 12.2. The Morgan fingerprint density at radius 2 is 2.03 bits per heavy atom. The number of carbonyl (C=O) groups is 4. The highest BCUT2D eigenvalue weighted by Crippen LogP contribution is 2.35. The maximum atomic E-state index is 13.6. The van der Waals surface area contributed by atoms with Gasteiger partial charge in [0, 0.05) is 32.1 Å². The number of rotatable bonds is 10. The molecule has 206 valence electrons. The van der Waals surface area contributed by atoms with Gasteiger partial charge in [0.1, 0.15) is 11.5 Å². The first-order valence-electron chi connectivity index (χ1n) is 12.9. The van der Waals surface area contributed by atoms with Gasteiger partial charge in [-0.1, -0.05) is 37.3 Å². The van der Waals surface area contributed by atoms with Gasteiger partial charge in [-0.05, 0) is 42.6 Å². The summed E-state index contributed by atoms with van der Waals surface area (Å²) in [7, 11) is -1.41. The van der Waals surface area contributed by atoms with Crippen molar-refractivity contribution < 1.29 is 28.3 Å². The highest BCUT2D eigenvalue weighted by atomic mass is 32.8. The molecule has 4 heterocycles. The van der Waals surface area contributed by atoms with Crippen LogP contribution in [-0.4, -0.2) is 63.8 Å². The number of carbonyl (C=O) groups excluding carboxylic acids is 4. The van der Waals surface area contributed by atoms with Crippen LogP contribution in [0.1, 0.15) is 38.4 Å². The van der Waals surface area contributed by atoms with Crippen LogP contribution in [0.3, 0.4) is 0 Å². The topological polar surface area (TPSA) is 118 Å². The minimum absolute atomic E-state index is 0.0260. The minimum atomic E-state index is -1.41. The van der Waals surface area contributed by atoms with Gasteiger partial charge in [-0.3, -0.25) is 19.3 Å². The zero-order chi connectivity index (χ0) is 27.5. The Kier molecular flexibility index (Phi) is 8.53. The van der Waals surface area contributed by atoms with E-state index < -0.39 is 32.6 Å². The molecule has 0 radical (unpaired) electrons. The Morgan fingerprint density at radius 1 is 1.23 bits per heavy atom. The van der Waals surface area contributed by atoms with Crippen molar-refractivity contribution in [2.45, 2.75) is 56.0 Å². The lowest BCUT2D eigenvalue weighted by atomic mass is 9.99. The Morgan fingerprint density at radius 3 is 2.79 bits per heavy atom. The van der Waals surface area contributed by atoms with Gasteiger partial charge in [0.25, 0.3) is 11.1 Å². The molecule has 4 amide bonds. The zero-order valence-corrected chi connectivity index (χ0v) is 23.7. The number of benzene rings is 1. The summed E-state index contributed by atoms with van der Waals surface area (Å²) in [5.41, 5.74) is 0.890. The van der Waals surface area contributed by atoms with Gasteiger partial charge in [0.05, 0.1) is 36.1 Å². The second kappa shape index (κ2) is 12.1. The van der Waals surface area contributed by atoms with Crippen LogP contribution in [0.4, 0.5) is 9.59 Å². The van der Waals surface area contributed by atoms with Crippen LogP contribution in [0.2, 0.25) is 0 Å². The molecule has 1 aromatic heterocycles. The Bertz CT molecular complexity index is 1330. The summed E-state index contributed by atoms with van der Waals surface area (Å²) >= 11 is 7.23. The molecule has 3 aliphatic heterocycles. The molecule has 0 spiro atoms. The lowest BCUT2D eigenvalue weighted by molar-refractivity contribution is -0.145. The Balaban J connectivity index is 1.35. The molecular weight excluding hydrogens is 559 g/mol. The first-order chi connectivity index (χ1) is 18.9. The number of thioether (sulfide) groups is 1. The van der Waals surface area contributed by atoms with E-state index in [0.717, 1.165) is 16.2 Å². The maximum Gasteiger partial charge on any atom is 0.315 e. The number of esters is 1. The summed E-state index contributed by atoms with van der Waals surface area (Å²) in [4.78, 5) is 52.6. The Hall–Kier alpha value is -2.96. The predicted molar refractivity (Wildman–Crippen MR) is 153 cm³/mol. The van der Waals surface area contributed by atoms with Gasteiger partial charge >= 0.3 is 12.0 Å². The third-order valence-electron chi connectivity index (χ3n) is 6.90. The molecule has 39 heavy (non-hydrogen) atoms. The average Bonchev–Trinajstić information content (AvgIpc) is 3.68. The second-order valence-electron chi connectivity index (χ2n) is 9.56. The van der Waals surface area contributed by atoms with Crippen molar-refractivity contribution in [1.29, 1.82) is 0 Å². The molecule has 0 bridgehead atoms. The largest absolute Gasteiger partial charge is 0.466 e. The van der Waals surface area contributed by atoms with E-state index in [1.807, 2.05) is 37.3 Å². The van der Waals surface area contributed by atoms with Gasteiger partial charge in [-0.15, -0.1) is 0 Å². The van der Waals surface area contributed by atoms with Crippen LogP contribution in [0, 0.1) is 0 Å². The predicted octanol–water partition coefficient (Wildman–Crippen LogP) is 3.99. The number of furan rings is 1. The number of nitrogens with one attached hydrogen (secondary N) is 2. The first-order valence-corrected chi connectivity index (χ1v) is 16.1. The highest BCUT2D eigenvalue weighted by molar-refractivity contribution is 8.40. The molecular formula is C27H29N3O6S3. The molecule has 9 nitrogen and oxygen atoms in total. The molecule has 0 saturated carbocycles. The summed E-state index contributed by atoms with van der Waals surface area (Å²) in [5, 5.41) is 5.48. The second-order valence-corrected chi connectivity index (χ2v) is 13.2. The van der Waals surface area contributed by atoms with E-state index >= 15 is 0 Å². The van der Waals surface area contributed by atoms with E-state index in [2.05, 4.69) is 10.6 Å². The fourth-order valence-corrected chi connectivity index (χ4v) is 8.19. The summed E-state index contributed by atoms with van der Waals surface area (Å²) in [6.07, 6.45) is 3.11. The number of ether oxygens (including phenoxy) is 1. The number of hydrogen-bond donors (Lipinski definition) is 2. The van der Waals surface area contributed by atoms with Crippen LogP contribution in [0.25, 0.3) is 17.4 Å². The molecule has 3 fully saturated rings. The standard InChI is InChI=1S/C27H29N3O6S3/c1-2-12-35-23(31)13-17(8-11-21-24-19(15-38-21)28-26(33)29-24)30-25(32)22(39(37)27(30)34)14-18-9-10-20(36-18)16-6-4-3-5-7-16/h3-7,9-10,14,17,19,21,24H,2,8,11-13,15H2,1H3,(H2,28,29,33)/b22-14-. The molecule has 12 heteroatoms. The van der Waals surface area contributed by atoms with E-state index in [9.17, 15) is 19.2 Å². The van der Waals surface area contributed by atoms with Crippen LogP contribution in [0.5, 0.6) is 0 Å². The van der Waals surface area contributed by atoms with Gasteiger partial charge in [-0.2, -0.15) is 11.8 Å². The molecule has 3 aliphatic rings. The first kappa shape index (κ1) is 27.6. The van der Waals surface area contributed by atoms with Crippen molar-refractivity contribution in [2.75, 3.05) is 12.4 Å². The molecule has 5 atom stereocenters. The van der Waals surface area contributed by atoms with Gasteiger partial charge < -0.3 is 19.8 Å². The van der Waals surface area contributed by atoms with Gasteiger partial charge in [-0.25, -0.2) is 4.79 Å². The number of amides is 4. The van der Waals surface area contributed by atoms with Gasteiger partial charge in [0.15, 0.2) is 0 Å². The van der Waals surface area contributed by atoms with Crippen molar-refractivity contribution in [3.63, 3.8) is 0 Å². The number of hydrogen-bond acceptors (Lipinski definition) is 8. The summed E-state index contributed by atoms with van der Waals surface area (Å²) in [5.74, 6) is 0.881. The van der Waals surface area contributed by atoms with Gasteiger partial charge in [0.2, 0.25) is 0 Å². The number of imide groups is 1. The minimum Gasteiger partial charge on any atom is -0.466 e. The van der Waals surface area contributed by atoms with E-state index in [-0.39, 0.29) is 41.3 Å². The molecule has 5 unspecified atom stereocenters.